The molecular weight excluding hydrogens is 216 g/mol. The highest BCUT2D eigenvalue weighted by Gasteiger charge is 2.11. The number of thiophene rings is 1. The number of thiocarbonyl (C=S) groups is 1. The van der Waals surface area contributed by atoms with E-state index in [0.29, 0.717) is 4.88 Å². The minimum absolute atomic E-state index is 0.0744. The fourth-order valence-corrected chi connectivity index (χ4v) is 2.38. The highest BCUT2D eigenvalue weighted by Crippen LogP contribution is 2.19. The van der Waals surface area contributed by atoms with Crippen LogP contribution in [0.3, 0.4) is 0 Å². The third kappa shape index (κ3) is 2.01. The second kappa shape index (κ2) is 3.09. The van der Waals surface area contributed by atoms with E-state index in [0.717, 1.165) is 11.3 Å². The van der Waals surface area contributed by atoms with Gasteiger partial charge in [-0.15, -0.1) is 11.3 Å². The van der Waals surface area contributed by atoms with Gasteiger partial charge in [0.1, 0.15) is 9.20 Å². The van der Waals surface area contributed by atoms with Crippen LogP contribution in [-0.4, -0.2) is 13.4 Å². The maximum Gasteiger partial charge on any atom is 0.247 e. The molecule has 0 radical (unpaired) electrons. The molecule has 0 unspecified atom stereocenters. The van der Waals surface area contributed by atoms with Gasteiger partial charge >= 0.3 is 0 Å². The molecule has 7 heteroatoms. The molecule has 0 saturated heterocycles. The summed E-state index contributed by atoms with van der Waals surface area (Å²) in [4.78, 5) is 0.726. The molecule has 12 heavy (non-hydrogen) atoms. The first-order chi connectivity index (χ1) is 5.41. The Kier molecular flexibility index (Phi) is 2.47. The van der Waals surface area contributed by atoms with Crippen LogP contribution in [0.4, 0.5) is 0 Å². The molecule has 1 rings (SSSR count). The van der Waals surface area contributed by atoms with Gasteiger partial charge in [0.05, 0.1) is 4.88 Å². The summed E-state index contributed by atoms with van der Waals surface area (Å²) in [6.07, 6.45) is 0. The van der Waals surface area contributed by atoms with Crippen molar-refractivity contribution in [1.82, 2.24) is 0 Å². The SMILES string of the molecule is NC(=S)c1ccc(S(N)(=O)=O)s1. The average Bonchev–Trinajstić information content (AvgIpc) is 2.30. The van der Waals surface area contributed by atoms with Gasteiger partial charge in [-0.25, -0.2) is 13.6 Å². The van der Waals surface area contributed by atoms with E-state index >= 15 is 0 Å². The van der Waals surface area contributed by atoms with Gasteiger partial charge in [-0.2, -0.15) is 0 Å². The number of rotatable bonds is 2. The van der Waals surface area contributed by atoms with E-state index in [1.807, 2.05) is 0 Å². The summed E-state index contributed by atoms with van der Waals surface area (Å²) in [6, 6.07) is 2.92. The Labute approximate surface area is 79.2 Å². The summed E-state index contributed by atoms with van der Waals surface area (Å²) in [6.45, 7) is 0. The second-order valence-electron chi connectivity index (χ2n) is 2.03. The molecule has 4 nitrogen and oxygen atoms in total. The van der Waals surface area contributed by atoms with Crippen molar-refractivity contribution in [3.8, 4) is 0 Å². The molecule has 0 bridgehead atoms. The van der Waals surface area contributed by atoms with Crippen molar-refractivity contribution >= 4 is 38.6 Å². The van der Waals surface area contributed by atoms with Gasteiger partial charge in [-0.1, -0.05) is 12.2 Å². The number of nitrogens with two attached hydrogens (primary N) is 2. The molecule has 0 spiro atoms. The molecule has 0 fully saturated rings. The van der Waals surface area contributed by atoms with Gasteiger partial charge in [0.15, 0.2) is 0 Å². The minimum atomic E-state index is -3.61. The standard InChI is InChI=1S/C5H6N2O2S3/c6-5(10)3-1-2-4(11-3)12(7,8)9/h1-2H,(H2,6,10)(H2,7,8,9). The third-order valence-electron chi connectivity index (χ3n) is 1.10. The van der Waals surface area contributed by atoms with Crippen molar-refractivity contribution in [3.05, 3.63) is 17.0 Å². The highest BCUT2D eigenvalue weighted by atomic mass is 32.2. The lowest BCUT2D eigenvalue weighted by atomic mass is 10.5. The Balaban J connectivity index is 3.17. The third-order valence-corrected chi connectivity index (χ3v) is 4.01. The predicted octanol–water partition coefficient (Wildman–Crippen LogP) is 0.0297. The van der Waals surface area contributed by atoms with Crippen LogP contribution in [0.15, 0.2) is 16.3 Å². The lowest BCUT2D eigenvalue weighted by Gasteiger charge is -1.89. The molecule has 1 aromatic rings. The van der Waals surface area contributed by atoms with Crippen molar-refractivity contribution in [3.63, 3.8) is 0 Å². The Bertz CT molecular complexity index is 406. The van der Waals surface area contributed by atoms with Crippen LogP contribution in [0, 0.1) is 0 Å². The molecule has 0 amide bonds. The van der Waals surface area contributed by atoms with Crippen molar-refractivity contribution in [2.75, 3.05) is 0 Å². The fraction of sp³-hybridized carbons (Fsp3) is 0. The van der Waals surface area contributed by atoms with Crippen LogP contribution in [0.25, 0.3) is 0 Å². The van der Waals surface area contributed by atoms with Crippen LogP contribution >= 0.6 is 23.6 Å². The minimum Gasteiger partial charge on any atom is -0.389 e. The smallest absolute Gasteiger partial charge is 0.247 e. The van der Waals surface area contributed by atoms with E-state index in [2.05, 4.69) is 12.2 Å². The summed E-state index contributed by atoms with van der Waals surface area (Å²) in [5.41, 5.74) is 5.28. The van der Waals surface area contributed by atoms with Crippen molar-refractivity contribution < 1.29 is 8.42 Å². The first kappa shape index (κ1) is 9.59. The Morgan fingerprint density at radius 3 is 2.33 bits per heavy atom. The van der Waals surface area contributed by atoms with Crippen molar-refractivity contribution in [2.45, 2.75) is 4.21 Å². The molecule has 1 aromatic heterocycles. The average molecular weight is 222 g/mol. The first-order valence-corrected chi connectivity index (χ1v) is 5.61. The zero-order valence-electron chi connectivity index (χ0n) is 5.85. The van der Waals surface area contributed by atoms with E-state index in [-0.39, 0.29) is 9.20 Å². The van der Waals surface area contributed by atoms with Gasteiger partial charge < -0.3 is 5.73 Å². The largest absolute Gasteiger partial charge is 0.389 e. The van der Waals surface area contributed by atoms with Crippen LogP contribution < -0.4 is 10.9 Å². The summed E-state index contributed by atoms with van der Waals surface area (Å²) >= 11 is 5.62. The van der Waals surface area contributed by atoms with E-state index in [1.165, 1.54) is 12.1 Å². The van der Waals surface area contributed by atoms with Crippen LogP contribution in [0.2, 0.25) is 0 Å². The second-order valence-corrected chi connectivity index (χ2v) is 5.34. The Morgan fingerprint density at radius 1 is 1.50 bits per heavy atom. The molecule has 0 aliphatic heterocycles. The van der Waals surface area contributed by atoms with Crippen LogP contribution in [0.5, 0.6) is 0 Å². The zero-order chi connectivity index (χ0) is 9.35. The highest BCUT2D eigenvalue weighted by molar-refractivity contribution is 7.91. The van der Waals surface area contributed by atoms with E-state index in [9.17, 15) is 8.42 Å². The normalized spacial score (nSPS) is 11.4. The predicted molar refractivity (Wildman–Crippen MR) is 51.6 cm³/mol. The number of primary sulfonamides is 1. The van der Waals surface area contributed by atoms with E-state index in [4.69, 9.17) is 10.9 Å². The van der Waals surface area contributed by atoms with Crippen molar-refractivity contribution in [1.29, 1.82) is 0 Å². The molecule has 0 aliphatic carbocycles. The quantitative estimate of drug-likeness (QED) is 0.691. The molecular formula is C5H6N2O2S3. The Morgan fingerprint density at radius 2 is 2.08 bits per heavy atom. The molecule has 0 aromatic carbocycles. The number of sulfonamides is 1. The molecule has 0 saturated carbocycles. The topological polar surface area (TPSA) is 86.2 Å². The number of hydrogen-bond donors (Lipinski definition) is 2. The summed E-state index contributed by atoms with van der Waals surface area (Å²) in [5, 5.41) is 4.87. The van der Waals surface area contributed by atoms with E-state index < -0.39 is 10.0 Å². The summed E-state index contributed by atoms with van der Waals surface area (Å²) in [7, 11) is -3.61. The van der Waals surface area contributed by atoms with Crippen LogP contribution in [-0.2, 0) is 10.0 Å². The zero-order valence-corrected chi connectivity index (χ0v) is 8.30. The van der Waals surface area contributed by atoms with Gasteiger partial charge in [0.25, 0.3) is 0 Å². The van der Waals surface area contributed by atoms with Crippen LogP contribution in [0.1, 0.15) is 4.88 Å². The maximum atomic E-state index is 10.8. The Hall–Kier alpha value is -0.500. The van der Waals surface area contributed by atoms with E-state index in [1.54, 1.807) is 0 Å². The van der Waals surface area contributed by atoms with Gasteiger partial charge in [-0.05, 0) is 12.1 Å². The summed E-state index contributed by atoms with van der Waals surface area (Å²) in [5.74, 6) is 0. The maximum absolute atomic E-state index is 10.8. The van der Waals surface area contributed by atoms with Gasteiger partial charge in [0.2, 0.25) is 10.0 Å². The monoisotopic (exact) mass is 222 g/mol. The molecule has 1 heterocycles. The fourth-order valence-electron chi connectivity index (χ4n) is 0.605. The molecule has 4 N–H and O–H groups in total. The lowest BCUT2D eigenvalue weighted by molar-refractivity contribution is 0.600. The lowest BCUT2D eigenvalue weighted by Crippen LogP contribution is -2.10. The van der Waals surface area contributed by atoms with Gasteiger partial charge in [-0.3, -0.25) is 0 Å². The molecule has 0 aliphatic rings. The van der Waals surface area contributed by atoms with Crippen molar-refractivity contribution in [2.24, 2.45) is 10.9 Å². The summed E-state index contributed by atoms with van der Waals surface area (Å²) < 4.78 is 21.6. The number of hydrogen-bond acceptors (Lipinski definition) is 4. The molecule has 0 atom stereocenters. The first-order valence-electron chi connectivity index (χ1n) is 2.83. The molecule has 66 valence electrons. The van der Waals surface area contributed by atoms with Gasteiger partial charge in [0, 0.05) is 0 Å².